The maximum Gasteiger partial charge on any atom is 0.412 e. The number of benzene rings is 1. The van der Waals surface area contributed by atoms with Gasteiger partial charge in [0.1, 0.15) is 5.76 Å². The molecule has 0 unspecified atom stereocenters. The Labute approximate surface area is 170 Å². The molecule has 0 fully saturated rings. The molecule has 0 radical (unpaired) electrons. The summed E-state index contributed by atoms with van der Waals surface area (Å²) in [4.78, 5) is 4.27. The monoisotopic (exact) mass is 403 g/mol. The fourth-order valence-electron chi connectivity index (χ4n) is 3.55. The Balaban J connectivity index is 2.52. The van der Waals surface area contributed by atoms with Crippen LogP contribution in [-0.2, 0) is 6.42 Å². The molecular formula is C24H28F3NO. The number of rotatable bonds is 3. The average molecular weight is 403 g/mol. The average Bonchev–Trinajstić information content (AvgIpc) is 2.59. The van der Waals surface area contributed by atoms with E-state index in [0.29, 0.717) is 29.7 Å². The van der Waals surface area contributed by atoms with Gasteiger partial charge in [-0.2, -0.15) is 13.2 Å². The van der Waals surface area contributed by atoms with Crippen molar-refractivity contribution in [3.63, 3.8) is 0 Å². The Hall–Kier alpha value is -2.56. The van der Waals surface area contributed by atoms with Crippen LogP contribution in [0.3, 0.4) is 0 Å². The van der Waals surface area contributed by atoms with Gasteiger partial charge in [-0.25, -0.2) is 0 Å². The molecule has 0 saturated heterocycles. The van der Waals surface area contributed by atoms with Gasteiger partial charge >= 0.3 is 6.18 Å². The normalized spacial score (nSPS) is 21.4. The van der Waals surface area contributed by atoms with E-state index < -0.39 is 17.7 Å². The lowest BCUT2D eigenvalue weighted by Gasteiger charge is -2.18. The second-order valence-electron chi connectivity index (χ2n) is 7.80. The summed E-state index contributed by atoms with van der Waals surface area (Å²) in [6.45, 7) is 12.6. The van der Waals surface area contributed by atoms with E-state index in [1.807, 2.05) is 26.0 Å². The van der Waals surface area contributed by atoms with Crippen molar-refractivity contribution in [2.75, 3.05) is 0 Å². The highest BCUT2D eigenvalue weighted by atomic mass is 19.4. The molecule has 1 aliphatic rings. The molecule has 0 atom stereocenters. The van der Waals surface area contributed by atoms with E-state index in [2.05, 4.69) is 11.6 Å². The van der Waals surface area contributed by atoms with Crippen molar-refractivity contribution in [2.24, 2.45) is 10.9 Å². The third-order valence-electron chi connectivity index (χ3n) is 5.04. The van der Waals surface area contributed by atoms with Gasteiger partial charge in [0.15, 0.2) is 0 Å². The highest BCUT2D eigenvalue weighted by Gasteiger charge is 2.35. The van der Waals surface area contributed by atoms with Gasteiger partial charge in [-0.3, -0.25) is 4.99 Å². The molecule has 29 heavy (non-hydrogen) atoms. The van der Waals surface area contributed by atoms with E-state index in [-0.39, 0.29) is 5.76 Å². The van der Waals surface area contributed by atoms with Gasteiger partial charge in [-0.1, -0.05) is 38.1 Å². The van der Waals surface area contributed by atoms with Gasteiger partial charge < -0.3 is 5.11 Å². The number of aliphatic hydroxyl groups is 1. The lowest BCUT2D eigenvalue weighted by molar-refractivity contribution is -0.0976. The molecule has 0 saturated carbocycles. The Kier molecular flexibility index (Phi) is 6.93. The third kappa shape index (κ3) is 5.49. The lowest BCUT2D eigenvalue weighted by Crippen LogP contribution is -2.17. The molecule has 156 valence electrons. The largest absolute Gasteiger partial charge is 0.505 e. The first-order chi connectivity index (χ1) is 13.4. The molecule has 0 bridgehead atoms. The Morgan fingerprint density at radius 2 is 1.83 bits per heavy atom. The smallest absolute Gasteiger partial charge is 0.412 e. The SMILES string of the molecule is C=C(/C=C(\C(C)C)C(F)(F)F)/C1=C/C=N\C(C)=C(\O)c2c(C)cc(C)cc2CC1. The van der Waals surface area contributed by atoms with Gasteiger partial charge in [-0.15, -0.1) is 0 Å². The predicted octanol–water partition coefficient (Wildman–Crippen LogP) is 7.19. The zero-order chi connectivity index (χ0) is 21.9. The predicted molar refractivity (Wildman–Crippen MR) is 114 cm³/mol. The first-order valence-corrected chi connectivity index (χ1v) is 9.63. The zero-order valence-electron chi connectivity index (χ0n) is 17.6. The van der Waals surface area contributed by atoms with Crippen LogP contribution in [0.2, 0.25) is 0 Å². The highest BCUT2D eigenvalue weighted by molar-refractivity contribution is 5.78. The van der Waals surface area contributed by atoms with Crippen LogP contribution >= 0.6 is 0 Å². The second-order valence-corrected chi connectivity index (χ2v) is 7.80. The van der Waals surface area contributed by atoms with Crippen molar-refractivity contribution >= 4 is 12.0 Å². The van der Waals surface area contributed by atoms with E-state index >= 15 is 0 Å². The van der Waals surface area contributed by atoms with Gasteiger partial charge in [0, 0.05) is 17.4 Å². The molecule has 1 aromatic rings. The number of alkyl halides is 3. The molecule has 0 amide bonds. The van der Waals surface area contributed by atoms with Crippen LogP contribution in [-0.4, -0.2) is 17.5 Å². The fraction of sp³-hybridized carbons (Fsp3) is 0.375. The number of halogens is 3. The van der Waals surface area contributed by atoms with E-state index in [1.54, 1.807) is 13.0 Å². The second kappa shape index (κ2) is 8.85. The number of fused-ring (bicyclic) bond motifs is 1. The third-order valence-corrected chi connectivity index (χ3v) is 5.04. The van der Waals surface area contributed by atoms with Gasteiger partial charge in [0.05, 0.1) is 5.70 Å². The van der Waals surface area contributed by atoms with Gasteiger partial charge in [-0.05, 0) is 74.0 Å². The summed E-state index contributed by atoms with van der Waals surface area (Å²) in [5, 5.41) is 10.7. The Morgan fingerprint density at radius 3 is 2.41 bits per heavy atom. The fourth-order valence-corrected chi connectivity index (χ4v) is 3.55. The first-order valence-electron chi connectivity index (χ1n) is 9.63. The summed E-state index contributed by atoms with van der Waals surface area (Å²) in [6, 6.07) is 4.00. The summed E-state index contributed by atoms with van der Waals surface area (Å²) in [5.74, 6) is -0.530. The first kappa shape index (κ1) is 22.7. The Morgan fingerprint density at radius 1 is 1.17 bits per heavy atom. The molecule has 5 heteroatoms. The number of hydrogen-bond acceptors (Lipinski definition) is 2. The molecule has 1 aromatic carbocycles. The molecule has 0 aromatic heterocycles. The lowest BCUT2D eigenvalue weighted by atomic mass is 9.90. The maximum atomic E-state index is 13.4. The van der Waals surface area contributed by atoms with E-state index in [0.717, 1.165) is 28.3 Å². The summed E-state index contributed by atoms with van der Waals surface area (Å²) in [7, 11) is 0. The number of hydrogen-bond donors (Lipinski definition) is 1. The number of nitrogens with zero attached hydrogens (tertiary/aromatic N) is 1. The quantitative estimate of drug-likeness (QED) is 0.532. The van der Waals surface area contributed by atoms with Crippen molar-refractivity contribution in [2.45, 2.75) is 53.6 Å². The highest BCUT2D eigenvalue weighted by Crippen LogP contribution is 2.34. The number of allylic oxidation sites excluding steroid dienone is 6. The summed E-state index contributed by atoms with van der Waals surface area (Å²) in [6.07, 6.45) is 0.999. The minimum Gasteiger partial charge on any atom is -0.505 e. The Bertz CT molecular complexity index is 928. The van der Waals surface area contributed by atoms with E-state index in [1.165, 1.54) is 20.1 Å². The number of aliphatic hydroxyl groups excluding tert-OH is 1. The molecule has 1 N–H and O–H groups in total. The molecule has 0 aliphatic carbocycles. The minimum absolute atomic E-state index is 0.128. The van der Waals surface area contributed by atoms with Crippen molar-refractivity contribution in [3.05, 3.63) is 75.5 Å². The molecule has 1 aliphatic heterocycles. The molecule has 2 rings (SSSR count). The zero-order valence-corrected chi connectivity index (χ0v) is 17.6. The summed E-state index contributed by atoms with van der Waals surface area (Å²) >= 11 is 0. The van der Waals surface area contributed by atoms with Crippen molar-refractivity contribution in [3.8, 4) is 0 Å². The van der Waals surface area contributed by atoms with Crippen molar-refractivity contribution in [1.29, 1.82) is 0 Å². The van der Waals surface area contributed by atoms with Crippen LogP contribution in [0, 0.1) is 19.8 Å². The van der Waals surface area contributed by atoms with Crippen molar-refractivity contribution in [1.82, 2.24) is 0 Å². The molecule has 1 heterocycles. The minimum atomic E-state index is -4.40. The standard InChI is InChI=1S/C24H28F3NO/c1-14(2)21(24(25,26)27)13-16(4)19-7-8-20-12-15(3)11-17(5)22(20)23(29)18(6)28-10-9-19/h9-14,29H,4,7-8H2,1-3,5-6H3/b19-9+,21-13+,23-18+,28-10-. The molecular weight excluding hydrogens is 375 g/mol. The van der Waals surface area contributed by atoms with Crippen LogP contribution < -0.4 is 0 Å². The van der Waals surface area contributed by atoms with Crippen LogP contribution in [0.1, 0.15) is 49.4 Å². The van der Waals surface area contributed by atoms with Crippen LogP contribution in [0.15, 0.2) is 58.3 Å². The molecule has 0 spiro atoms. The number of aryl methyl sites for hydroxylation is 3. The number of aliphatic imine (C=N–C) groups is 1. The summed E-state index contributed by atoms with van der Waals surface area (Å²) < 4.78 is 40.1. The summed E-state index contributed by atoms with van der Waals surface area (Å²) in [5.41, 5.74) is 4.56. The van der Waals surface area contributed by atoms with Gasteiger partial charge in [0.2, 0.25) is 0 Å². The topological polar surface area (TPSA) is 32.6 Å². The van der Waals surface area contributed by atoms with Gasteiger partial charge in [0.25, 0.3) is 0 Å². The molecule has 2 nitrogen and oxygen atoms in total. The van der Waals surface area contributed by atoms with Crippen molar-refractivity contribution < 1.29 is 18.3 Å². The van der Waals surface area contributed by atoms with Crippen LogP contribution in [0.5, 0.6) is 0 Å². The van der Waals surface area contributed by atoms with E-state index in [4.69, 9.17) is 0 Å². The van der Waals surface area contributed by atoms with Crippen LogP contribution in [0.4, 0.5) is 13.2 Å². The van der Waals surface area contributed by atoms with Crippen LogP contribution in [0.25, 0.3) is 5.76 Å². The van der Waals surface area contributed by atoms with E-state index in [9.17, 15) is 18.3 Å². The maximum absolute atomic E-state index is 13.4.